The third-order valence-corrected chi connectivity index (χ3v) is 4.58. The van der Waals surface area contributed by atoms with Crippen LogP contribution in [0, 0.1) is 0 Å². The average Bonchev–Trinajstić information content (AvgIpc) is 3.10. The van der Waals surface area contributed by atoms with E-state index in [0.29, 0.717) is 21.8 Å². The zero-order chi connectivity index (χ0) is 19.4. The monoisotopic (exact) mass is 403 g/mol. The lowest BCUT2D eigenvalue weighted by Crippen LogP contribution is -2.37. The maximum absolute atomic E-state index is 12.7. The Labute approximate surface area is 167 Å². The molecule has 5 nitrogen and oxygen atoms in total. The number of aromatic nitrogens is 2. The van der Waals surface area contributed by atoms with E-state index in [4.69, 9.17) is 27.6 Å². The van der Waals surface area contributed by atoms with E-state index < -0.39 is 0 Å². The van der Waals surface area contributed by atoms with Gasteiger partial charge in [0.2, 0.25) is 17.7 Å². The highest BCUT2D eigenvalue weighted by Gasteiger charge is 2.21. The van der Waals surface area contributed by atoms with Crippen molar-refractivity contribution in [2.24, 2.45) is 0 Å². The summed E-state index contributed by atoms with van der Waals surface area (Å²) in [6, 6.07) is 14.4. The fourth-order valence-corrected chi connectivity index (χ4v) is 2.86. The molecule has 2 aromatic carbocycles. The summed E-state index contributed by atoms with van der Waals surface area (Å²) in [5.74, 6) is 0.771. The van der Waals surface area contributed by atoms with Gasteiger partial charge in [-0.3, -0.25) is 4.79 Å². The van der Waals surface area contributed by atoms with Gasteiger partial charge in [0, 0.05) is 21.7 Å². The van der Waals surface area contributed by atoms with Gasteiger partial charge < -0.3 is 9.32 Å². The lowest BCUT2D eigenvalue weighted by molar-refractivity contribution is -0.133. The number of nitrogens with zero attached hydrogens (tertiary/aromatic N) is 3. The highest BCUT2D eigenvalue weighted by atomic mass is 35.5. The molecule has 0 aliphatic rings. The first-order valence-electron chi connectivity index (χ1n) is 8.54. The molecule has 3 rings (SSSR count). The second-order valence-corrected chi connectivity index (χ2v) is 7.30. The molecule has 1 amide bonds. The van der Waals surface area contributed by atoms with Gasteiger partial charge in [0.25, 0.3) is 0 Å². The molecular weight excluding hydrogens is 385 g/mol. The van der Waals surface area contributed by atoms with Gasteiger partial charge in [-0.1, -0.05) is 35.3 Å². The number of hydrogen-bond donors (Lipinski definition) is 0. The first-order valence-corrected chi connectivity index (χ1v) is 9.30. The Morgan fingerprint density at radius 2 is 1.59 bits per heavy atom. The van der Waals surface area contributed by atoms with Crippen molar-refractivity contribution >= 4 is 29.1 Å². The summed E-state index contributed by atoms with van der Waals surface area (Å²) in [6.45, 7) is 4.16. The minimum absolute atomic E-state index is 0.00400. The van der Waals surface area contributed by atoms with E-state index in [1.807, 2.05) is 38.1 Å². The first kappa shape index (κ1) is 19.4. The van der Waals surface area contributed by atoms with Crippen LogP contribution in [-0.4, -0.2) is 27.0 Å². The highest BCUT2D eigenvalue weighted by Crippen LogP contribution is 2.21. The summed E-state index contributed by atoms with van der Waals surface area (Å²) in [4.78, 5) is 14.5. The van der Waals surface area contributed by atoms with E-state index in [2.05, 4.69) is 10.2 Å². The molecule has 0 saturated heterocycles. The lowest BCUT2D eigenvalue weighted by Gasteiger charge is -2.25. The van der Waals surface area contributed by atoms with Gasteiger partial charge in [0.05, 0.1) is 13.0 Å². The van der Waals surface area contributed by atoms with E-state index in [0.717, 1.165) is 11.1 Å². The zero-order valence-electron chi connectivity index (χ0n) is 15.0. The minimum atomic E-state index is -0.0152. The van der Waals surface area contributed by atoms with Gasteiger partial charge in [-0.15, -0.1) is 10.2 Å². The molecule has 0 atom stereocenters. The fourth-order valence-electron chi connectivity index (χ4n) is 2.61. The van der Waals surface area contributed by atoms with Gasteiger partial charge in [0.1, 0.15) is 0 Å². The molecule has 140 valence electrons. The van der Waals surface area contributed by atoms with Gasteiger partial charge in [0.15, 0.2) is 0 Å². The molecule has 1 heterocycles. The molecule has 0 fully saturated rings. The quantitative estimate of drug-likeness (QED) is 0.579. The molecule has 1 aromatic heterocycles. The van der Waals surface area contributed by atoms with Crippen molar-refractivity contribution in [1.29, 1.82) is 0 Å². The minimum Gasteiger partial charge on any atom is -0.419 e. The maximum atomic E-state index is 12.7. The Morgan fingerprint density at radius 3 is 2.19 bits per heavy atom. The van der Waals surface area contributed by atoms with Gasteiger partial charge in [-0.05, 0) is 55.8 Å². The summed E-state index contributed by atoms with van der Waals surface area (Å²) in [6.07, 6.45) is 0.285. The van der Waals surface area contributed by atoms with Gasteiger partial charge >= 0.3 is 0 Å². The summed E-state index contributed by atoms with van der Waals surface area (Å²) in [5.41, 5.74) is 1.68. The van der Waals surface area contributed by atoms with Crippen LogP contribution in [0.1, 0.15) is 25.3 Å². The molecule has 0 saturated carbocycles. The normalized spacial score (nSPS) is 11.0. The highest BCUT2D eigenvalue weighted by molar-refractivity contribution is 6.30. The van der Waals surface area contributed by atoms with Crippen molar-refractivity contribution in [3.8, 4) is 11.5 Å². The van der Waals surface area contributed by atoms with Gasteiger partial charge in [-0.2, -0.15) is 0 Å². The summed E-state index contributed by atoms with van der Waals surface area (Å²) >= 11 is 11.8. The second-order valence-electron chi connectivity index (χ2n) is 6.43. The van der Waals surface area contributed by atoms with Crippen molar-refractivity contribution < 1.29 is 9.21 Å². The van der Waals surface area contributed by atoms with Crippen molar-refractivity contribution in [2.45, 2.75) is 32.9 Å². The van der Waals surface area contributed by atoms with Crippen molar-refractivity contribution in [2.75, 3.05) is 0 Å². The van der Waals surface area contributed by atoms with E-state index in [-0.39, 0.29) is 24.9 Å². The second kappa shape index (κ2) is 8.55. The number of carbonyl (C=O) groups is 1. The molecule has 0 aliphatic heterocycles. The van der Waals surface area contributed by atoms with Crippen LogP contribution in [0.15, 0.2) is 52.9 Å². The molecule has 7 heteroatoms. The number of hydrogen-bond acceptors (Lipinski definition) is 4. The standard InChI is InChI=1S/C20H19Cl2N3O2/c1-13(2)25(19(26)11-14-3-7-16(21)8-4-14)12-18-23-24-20(27-18)15-5-9-17(22)10-6-15/h3-10,13H,11-12H2,1-2H3. The molecular formula is C20H19Cl2N3O2. The largest absolute Gasteiger partial charge is 0.419 e. The molecule has 0 bridgehead atoms. The molecule has 0 N–H and O–H groups in total. The molecule has 27 heavy (non-hydrogen) atoms. The van der Waals surface area contributed by atoms with Crippen molar-refractivity contribution in [3.05, 3.63) is 70.0 Å². The third-order valence-electron chi connectivity index (χ3n) is 4.08. The van der Waals surface area contributed by atoms with Crippen LogP contribution in [0.2, 0.25) is 10.0 Å². The van der Waals surface area contributed by atoms with Crippen LogP contribution < -0.4 is 0 Å². The Kier molecular flexibility index (Phi) is 6.14. The van der Waals surface area contributed by atoms with E-state index in [1.165, 1.54) is 0 Å². The maximum Gasteiger partial charge on any atom is 0.247 e. The Balaban J connectivity index is 1.71. The number of carbonyl (C=O) groups excluding carboxylic acids is 1. The number of amides is 1. The number of halogens is 2. The fraction of sp³-hybridized carbons (Fsp3) is 0.250. The summed E-state index contributed by atoms with van der Waals surface area (Å²) in [7, 11) is 0. The first-order chi connectivity index (χ1) is 12.9. The summed E-state index contributed by atoms with van der Waals surface area (Å²) in [5, 5.41) is 9.43. The van der Waals surface area contributed by atoms with E-state index in [1.54, 1.807) is 29.2 Å². The molecule has 0 aliphatic carbocycles. The number of rotatable bonds is 6. The Hall–Kier alpha value is -2.37. The summed E-state index contributed by atoms with van der Waals surface area (Å²) < 4.78 is 5.73. The van der Waals surface area contributed by atoms with E-state index in [9.17, 15) is 4.79 Å². The van der Waals surface area contributed by atoms with Crippen LogP contribution in [0.25, 0.3) is 11.5 Å². The van der Waals surface area contributed by atoms with Crippen molar-refractivity contribution in [1.82, 2.24) is 15.1 Å². The lowest BCUT2D eigenvalue weighted by atomic mass is 10.1. The van der Waals surface area contributed by atoms with Crippen molar-refractivity contribution in [3.63, 3.8) is 0 Å². The van der Waals surface area contributed by atoms with E-state index >= 15 is 0 Å². The predicted molar refractivity (Wildman–Crippen MR) is 106 cm³/mol. The van der Waals surface area contributed by atoms with Crippen LogP contribution in [0.5, 0.6) is 0 Å². The zero-order valence-corrected chi connectivity index (χ0v) is 16.5. The van der Waals surface area contributed by atoms with Crippen LogP contribution >= 0.6 is 23.2 Å². The Morgan fingerprint density at radius 1 is 1.00 bits per heavy atom. The van der Waals surface area contributed by atoms with Crippen LogP contribution in [-0.2, 0) is 17.8 Å². The molecule has 3 aromatic rings. The SMILES string of the molecule is CC(C)N(Cc1nnc(-c2ccc(Cl)cc2)o1)C(=O)Cc1ccc(Cl)cc1. The Bertz CT molecular complexity index is 906. The molecule has 0 radical (unpaired) electrons. The van der Waals surface area contributed by atoms with Crippen LogP contribution in [0.3, 0.4) is 0 Å². The smallest absolute Gasteiger partial charge is 0.247 e. The third kappa shape index (κ3) is 5.08. The molecule has 0 unspecified atom stereocenters. The van der Waals surface area contributed by atoms with Crippen LogP contribution in [0.4, 0.5) is 0 Å². The molecule has 0 spiro atoms. The topological polar surface area (TPSA) is 59.2 Å². The van der Waals surface area contributed by atoms with Gasteiger partial charge in [-0.25, -0.2) is 0 Å². The number of benzene rings is 2. The predicted octanol–water partition coefficient (Wildman–Crippen LogP) is 5.02. The average molecular weight is 404 g/mol.